The summed E-state index contributed by atoms with van der Waals surface area (Å²) in [5, 5.41) is 10.7. The highest BCUT2D eigenvalue weighted by Crippen LogP contribution is 2.38. The Hall–Kier alpha value is -2.94. The van der Waals surface area contributed by atoms with E-state index >= 15 is 0 Å². The Kier molecular flexibility index (Phi) is 8.53. The molecule has 3 rings (SSSR count). The quantitative estimate of drug-likeness (QED) is 0.180. The fourth-order valence-corrected chi connectivity index (χ4v) is 4.88. The number of hydroxylamine groups is 2. The Morgan fingerprint density at radius 2 is 1.51 bits per heavy atom. The molecule has 1 heterocycles. The summed E-state index contributed by atoms with van der Waals surface area (Å²) in [6, 6.07) is 16.9. The van der Waals surface area contributed by atoms with E-state index in [0.29, 0.717) is 6.42 Å². The van der Waals surface area contributed by atoms with Crippen LogP contribution in [0.3, 0.4) is 0 Å². The number of esters is 1. The van der Waals surface area contributed by atoms with Crippen LogP contribution < -0.4 is 0 Å². The van der Waals surface area contributed by atoms with Crippen molar-refractivity contribution in [2.75, 3.05) is 6.54 Å². The molecule has 1 aliphatic heterocycles. The van der Waals surface area contributed by atoms with Crippen LogP contribution in [0.5, 0.6) is 0 Å². The summed E-state index contributed by atoms with van der Waals surface area (Å²) in [5.74, 6) is -0.585. The average molecular weight is 504 g/mol. The molecule has 0 bridgehead atoms. The van der Waals surface area contributed by atoms with Crippen molar-refractivity contribution in [3.63, 3.8) is 0 Å². The molecule has 0 radical (unpaired) electrons. The lowest BCUT2D eigenvalue weighted by Crippen LogP contribution is -2.75. The van der Waals surface area contributed by atoms with Crippen LogP contribution in [0.4, 0.5) is 9.59 Å². The molecular weight excluding hydrogens is 472 g/mol. The monoisotopic (exact) mass is 503 g/mol. The van der Waals surface area contributed by atoms with Crippen molar-refractivity contribution in [2.45, 2.75) is 64.4 Å². The van der Waals surface area contributed by atoms with Crippen LogP contribution in [-0.2, 0) is 27.6 Å². The number of quaternary nitrogens is 1. The van der Waals surface area contributed by atoms with Crippen molar-refractivity contribution in [2.24, 2.45) is 0 Å². The third kappa shape index (κ3) is 6.01. The van der Waals surface area contributed by atoms with Gasteiger partial charge in [0, 0.05) is 6.42 Å². The normalized spacial score (nSPS) is 22.3. The van der Waals surface area contributed by atoms with Gasteiger partial charge in [0.15, 0.2) is 6.04 Å². The van der Waals surface area contributed by atoms with E-state index in [1.54, 1.807) is 20.8 Å². The molecule has 1 unspecified atom stereocenters. The topological polar surface area (TPSA) is 93.1 Å². The van der Waals surface area contributed by atoms with Gasteiger partial charge in [-0.15, -0.1) is 0 Å². The fraction of sp³-hybridized carbons (Fsp3) is 0.423. The molecule has 1 N–H and O–H groups in total. The van der Waals surface area contributed by atoms with Crippen molar-refractivity contribution in [3.05, 3.63) is 71.8 Å². The average Bonchev–Trinajstić information content (AvgIpc) is 2.82. The van der Waals surface area contributed by atoms with Crippen LogP contribution in [-0.4, -0.2) is 56.2 Å². The molecule has 188 valence electrons. The van der Waals surface area contributed by atoms with Gasteiger partial charge < -0.3 is 9.84 Å². The second-order valence-corrected chi connectivity index (χ2v) is 10.0. The van der Waals surface area contributed by atoms with Gasteiger partial charge in [0.2, 0.25) is 0 Å². The summed E-state index contributed by atoms with van der Waals surface area (Å²) in [6.45, 7) is 5.38. The van der Waals surface area contributed by atoms with E-state index in [1.807, 2.05) is 60.7 Å². The number of hydrogen-bond acceptors (Lipinski definition) is 5. The summed E-state index contributed by atoms with van der Waals surface area (Å²) < 4.78 is 4.95. The van der Waals surface area contributed by atoms with Crippen LogP contribution in [0.1, 0.15) is 44.7 Å². The Balaban J connectivity index is 1.84. The molecule has 0 aromatic heterocycles. The zero-order valence-electron chi connectivity index (χ0n) is 20.2. The highest BCUT2D eigenvalue weighted by atomic mass is 35.5. The number of likely N-dealkylation sites (tertiary alicyclic amines) is 1. The minimum absolute atomic E-state index is 0.0514. The van der Waals surface area contributed by atoms with Crippen molar-refractivity contribution < 1.29 is 33.5 Å². The largest absolute Gasteiger partial charge is 0.514 e. The SMILES string of the molecule is CC(C)(C)[N+]1(C(=O)O)C[C@H](N(OCc2ccccc2)C(=O)Cl)CC[C@H]1C(=O)OCc1ccccc1. The van der Waals surface area contributed by atoms with E-state index in [4.69, 9.17) is 21.2 Å². The number of piperidine rings is 1. The molecule has 2 aromatic carbocycles. The molecule has 3 atom stereocenters. The highest BCUT2D eigenvalue weighted by Gasteiger charge is 2.61. The molecule has 35 heavy (non-hydrogen) atoms. The predicted octanol–water partition coefficient (Wildman–Crippen LogP) is 5.35. The van der Waals surface area contributed by atoms with E-state index in [1.165, 1.54) is 0 Å². The third-order valence-electron chi connectivity index (χ3n) is 6.56. The number of rotatable bonds is 7. The number of halogens is 1. The first kappa shape index (κ1) is 26.7. The minimum atomic E-state index is -1.17. The summed E-state index contributed by atoms with van der Waals surface area (Å²) in [4.78, 5) is 44.1. The number of ether oxygens (including phenoxy) is 1. The third-order valence-corrected chi connectivity index (χ3v) is 6.72. The Bertz CT molecular complexity index is 1030. The first-order valence-corrected chi connectivity index (χ1v) is 11.9. The molecule has 0 saturated carbocycles. The summed E-state index contributed by atoms with van der Waals surface area (Å²) >= 11 is 5.86. The minimum Gasteiger partial charge on any atom is -0.456 e. The van der Waals surface area contributed by atoms with Gasteiger partial charge in [0.25, 0.3) is 0 Å². The van der Waals surface area contributed by atoms with E-state index in [0.717, 1.165) is 16.2 Å². The first-order chi connectivity index (χ1) is 16.6. The number of amides is 2. The van der Waals surface area contributed by atoms with Crippen LogP contribution in [0.15, 0.2) is 60.7 Å². The van der Waals surface area contributed by atoms with Gasteiger partial charge in [-0.1, -0.05) is 60.7 Å². The number of carboxylic acid groups (broad SMARTS) is 1. The van der Waals surface area contributed by atoms with Crippen LogP contribution in [0, 0.1) is 0 Å². The number of hydrogen-bond donors (Lipinski definition) is 1. The Morgan fingerprint density at radius 1 is 0.971 bits per heavy atom. The summed E-state index contributed by atoms with van der Waals surface area (Å²) in [6.07, 6.45) is -0.646. The molecule has 9 heteroatoms. The molecule has 1 fully saturated rings. The molecule has 8 nitrogen and oxygen atoms in total. The fourth-order valence-electron chi connectivity index (χ4n) is 4.69. The van der Waals surface area contributed by atoms with Crippen molar-refractivity contribution in [1.82, 2.24) is 5.06 Å². The first-order valence-electron chi connectivity index (χ1n) is 11.5. The standard InChI is InChI=1S/C26H31ClN2O6/c1-26(2,3)29(25(32)33)16-21(28(24(27)31)35-18-20-12-8-5-9-13-20)14-15-22(29)23(30)34-17-19-10-6-4-7-11-19/h4-13,21-22H,14-18H2,1-3H3/p+1/t21-,22+,29?/m1/s1. The van der Waals surface area contributed by atoms with Crippen molar-refractivity contribution in [3.8, 4) is 0 Å². The van der Waals surface area contributed by atoms with Gasteiger partial charge in [-0.2, -0.15) is 9.86 Å². The Labute approximate surface area is 210 Å². The molecule has 2 amide bonds. The second-order valence-electron chi connectivity index (χ2n) is 9.68. The van der Waals surface area contributed by atoms with Gasteiger partial charge in [-0.25, -0.2) is 9.28 Å². The van der Waals surface area contributed by atoms with E-state index in [2.05, 4.69) is 0 Å². The highest BCUT2D eigenvalue weighted by molar-refractivity contribution is 6.62. The number of nitrogens with zero attached hydrogens (tertiary/aromatic N) is 2. The molecule has 0 spiro atoms. The van der Waals surface area contributed by atoms with Crippen molar-refractivity contribution >= 4 is 29.0 Å². The summed E-state index contributed by atoms with van der Waals surface area (Å²) in [5.41, 5.74) is 0.761. The lowest BCUT2D eigenvalue weighted by Gasteiger charge is -2.52. The number of carbonyl (C=O) groups excluding carboxylic acids is 2. The van der Waals surface area contributed by atoms with Gasteiger partial charge in [-0.05, 0) is 49.9 Å². The Morgan fingerprint density at radius 3 is 2.00 bits per heavy atom. The van der Waals surface area contributed by atoms with Crippen LogP contribution in [0.2, 0.25) is 0 Å². The van der Waals surface area contributed by atoms with E-state index in [-0.39, 0.29) is 26.2 Å². The molecule has 0 aliphatic carbocycles. The predicted molar refractivity (Wildman–Crippen MR) is 130 cm³/mol. The molecule has 1 saturated heterocycles. The van der Waals surface area contributed by atoms with Gasteiger partial charge in [0.1, 0.15) is 31.3 Å². The maximum absolute atomic E-state index is 13.2. The maximum Gasteiger partial charge on any atom is 0.514 e. The lowest BCUT2D eigenvalue weighted by atomic mass is 9.87. The van der Waals surface area contributed by atoms with E-state index < -0.39 is 39.5 Å². The van der Waals surface area contributed by atoms with Gasteiger partial charge in [0.05, 0.1) is 0 Å². The number of benzene rings is 2. The van der Waals surface area contributed by atoms with Gasteiger partial charge in [-0.3, -0.25) is 9.63 Å². The zero-order valence-corrected chi connectivity index (χ0v) is 21.0. The van der Waals surface area contributed by atoms with Crippen LogP contribution >= 0.6 is 11.6 Å². The van der Waals surface area contributed by atoms with E-state index in [9.17, 15) is 19.5 Å². The molecule has 2 aromatic rings. The molecular formula is C26H32ClN2O6+. The van der Waals surface area contributed by atoms with Crippen LogP contribution in [0.25, 0.3) is 0 Å². The molecule has 1 aliphatic rings. The maximum atomic E-state index is 13.2. The second kappa shape index (κ2) is 11.2. The van der Waals surface area contributed by atoms with Gasteiger partial charge >= 0.3 is 17.4 Å². The summed E-state index contributed by atoms with van der Waals surface area (Å²) in [7, 11) is 0. The number of carbonyl (C=O) groups is 3. The lowest BCUT2D eigenvalue weighted by molar-refractivity contribution is -0.925. The zero-order chi connectivity index (χ0) is 25.6. The van der Waals surface area contributed by atoms with Crippen molar-refractivity contribution in [1.29, 1.82) is 0 Å². The smallest absolute Gasteiger partial charge is 0.456 e.